The fraction of sp³-hybridized carbons (Fsp3) is 0.533. The predicted octanol–water partition coefficient (Wildman–Crippen LogP) is 4.33. The molecule has 1 N–H and O–H groups in total. The van der Waals surface area contributed by atoms with Crippen molar-refractivity contribution in [3.8, 4) is 0 Å². The second kappa shape index (κ2) is 6.76. The van der Waals surface area contributed by atoms with Crippen LogP contribution in [0.4, 0.5) is 0 Å². The molecule has 104 valence electrons. The second-order valence-corrected chi connectivity index (χ2v) is 7.08. The minimum Gasteiger partial charge on any atom is -0.352 e. The van der Waals surface area contributed by atoms with Crippen LogP contribution in [0.5, 0.6) is 0 Å². The van der Waals surface area contributed by atoms with Crippen molar-refractivity contribution in [2.45, 2.75) is 37.4 Å². The number of nitrogens with one attached hydrogen (secondary N) is 1. The van der Waals surface area contributed by atoms with Crippen LogP contribution in [0, 0.1) is 12.8 Å². The van der Waals surface area contributed by atoms with Crippen LogP contribution in [0.1, 0.15) is 41.6 Å². The highest BCUT2D eigenvalue weighted by atomic mass is 79.9. The quantitative estimate of drug-likeness (QED) is 0.812. The van der Waals surface area contributed by atoms with Gasteiger partial charge >= 0.3 is 0 Å². The first kappa shape index (κ1) is 14.9. The van der Waals surface area contributed by atoms with Gasteiger partial charge in [0, 0.05) is 22.0 Å². The first-order valence-electron chi connectivity index (χ1n) is 6.74. The van der Waals surface area contributed by atoms with Crippen molar-refractivity contribution < 1.29 is 4.79 Å². The summed E-state index contributed by atoms with van der Waals surface area (Å²) in [7, 11) is 0. The number of amides is 1. The lowest BCUT2D eigenvalue weighted by Gasteiger charge is -2.25. The Labute approximate surface area is 128 Å². The van der Waals surface area contributed by atoms with Crippen LogP contribution in [0.25, 0.3) is 0 Å². The van der Waals surface area contributed by atoms with E-state index in [4.69, 9.17) is 11.6 Å². The van der Waals surface area contributed by atoms with Crippen LogP contribution < -0.4 is 5.32 Å². The van der Waals surface area contributed by atoms with Gasteiger partial charge < -0.3 is 5.32 Å². The zero-order chi connectivity index (χ0) is 13.8. The van der Waals surface area contributed by atoms with Crippen LogP contribution in [0.15, 0.2) is 18.2 Å². The molecule has 4 heteroatoms. The van der Waals surface area contributed by atoms with E-state index in [1.807, 2.05) is 19.1 Å². The molecule has 1 amide bonds. The van der Waals surface area contributed by atoms with E-state index >= 15 is 0 Å². The van der Waals surface area contributed by atoms with Crippen molar-refractivity contribution >= 4 is 33.4 Å². The number of rotatable bonds is 3. The van der Waals surface area contributed by atoms with Gasteiger partial charge in [-0.15, -0.1) is 0 Å². The van der Waals surface area contributed by atoms with E-state index in [1.165, 1.54) is 25.7 Å². The number of hydrogen-bond donors (Lipinski definition) is 1. The van der Waals surface area contributed by atoms with E-state index in [0.29, 0.717) is 21.3 Å². The smallest absolute Gasteiger partial charge is 0.251 e. The summed E-state index contributed by atoms with van der Waals surface area (Å²) in [6.45, 7) is 2.71. The molecule has 0 atom stereocenters. The lowest BCUT2D eigenvalue weighted by atomic mass is 9.89. The zero-order valence-corrected chi connectivity index (χ0v) is 13.4. The van der Waals surface area contributed by atoms with Crippen molar-refractivity contribution in [2.24, 2.45) is 5.92 Å². The highest BCUT2D eigenvalue weighted by Crippen LogP contribution is 2.28. The van der Waals surface area contributed by atoms with E-state index in [1.54, 1.807) is 6.07 Å². The highest BCUT2D eigenvalue weighted by Gasteiger charge is 2.19. The van der Waals surface area contributed by atoms with Crippen LogP contribution in [-0.4, -0.2) is 17.3 Å². The summed E-state index contributed by atoms with van der Waals surface area (Å²) in [5, 5.41) is 3.64. The lowest BCUT2D eigenvalue weighted by molar-refractivity contribution is 0.0944. The number of halogens is 2. The summed E-state index contributed by atoms with van der Waals surface area (Å²) in [6, 6.07) is 5.45. The summed E-state index contributed by atoms with van der Waals surface area (Å²) >= 11 is 9.62. The van der Waals surface area contributed by atoms with E-state index in [0.717, 1.165) is 12.1 Å². The largest absolute Gasteiger partial charge is 0.352 e. The molecule has 0 aromatic heterocycles. The number of alkyl halides is 1. The lowest BCUT2D eigenvalue weighted by Crippen LogP contribution is -2.31. The monoisotopic (exact) mass is 343 g/mol. The summed E-state index contributed by atoms with van der Waals surface area (Å²) in [5.41, 5.74) is 1.66. The molecule has 0 radical (unpaired) electrons. The van der Waals surface area contributed by atoms with Crippen LogP contribution in [0.2, 0.25) is 5.02 Å². The molecule has 1 saturated carbocycles. The standard InChI is InChI=1S/C15H19BrClNO/c1-10-6-12(8-14(17)7-10)15(19)18-9-11-2-4-13(16)5-3-11/h6-8,11,13H,2-5,9H2,1H3,(H,18,19). The summed E-state index contributed by atoms with van der Waals surface area (Å²) in [4.78, 5) is 12.7. The van der Waals surface area contributed by atoms with E-state index in [9.17, 15) is 4.79 Å². The van der Waals surface area contributed by atoms with Gasteiger partial charge in [0.15, 0.2) is 0 Å². The van der Waals surface area contributed by atoms with E-state index < -0.39 is 0 Å². The number of benzene rings is 1. The molecule has 0 bridgehead atoms. The molecule has 2 nitrogen and oxygen atoms in total. The average Bonchev–Trinajstić information content (AvgIpc) is 2.36. The zero-order valence-electron chi connectivity index (χ0n) is 11.1. The maximum Gasteiger partial charge on any atom is 0.251 e. The molecule has 0 spiro atoms. The molecule has 0 aliphatic heterocycles. The Morgan fingerprint density at radius 1 is 1.32 bits per heavy atom. The average molecular weight is 345 g/mol. The number of carbonyl (C=O) groups excluding carboxylic acids is 1. The van der Waals surface area contributed by atoms with Gasteiger partial charge in [-0.25, -0.2) is 0 Å². The van der Waals surface area contributed by atoms with Crippen molar-refractivity contribution in [2.75, 3.05) is 6.54 Å². The fourth-order valence-corrected chi connectivity index (χ4v) is 3.35. The maximum atomic E-state index is 12.1. The van der Waals surface area contributed by atoms with Crippen molar-refractivity contribution in [1.29, 1.82) is 0 Å². The molecular formula is C15H19BrClNO. The van der Waals surface area contributed by atoms with Crippen LogP contribution in [0.3, 0.4) is 0 Å². The first-order chi connectivity index (χ1) is 9.04. The number of aryl methyl sites for hydroxylation is 1. The van der Waals surface area contributed by atoms with Gasteiger partial charge in [-0.1, -0.05) is 27.5 Å². The van der Waals surface area contributed by atoms with Crippen LogP contribution >= 0.6 is 27.5 Å². The highest BCUT2D eigenvalue weighted by molar-refractivity contribution is 9.09. The maximum absolute atomic E-state index is 12.1. The van der Waals surface area contributed by atoms with E-state index in [2.05, 4.69) is 21.2 Å². The molecule has 0 heterocycles. The molecule has 1 fully saturated rings. The molecular weight excluding hydrogens is 326 g/mol. The molecule has 1 aliphatic rings. The molecule has 2 rings (SSSR count). The first-order valence-corrected chi connectivity index (χ1v) is 8.03. The summed E-state index contributed by atoms with van der Waals surface area (Å²) in [6.07, 6.45) is 4.78. The number of carbonyl (C=O) groups is 1. The second-order valence-electron chi connectivity index (χ2n) is 5.35. The molecule has 19 heavy (non-hydrogen) atoms. The van der Waals surface area contributed by atoms with Gasteiger partial charge in [-0.3, -0.25) is 4.79 Å². The van der Waals surface area contributed by atoms with Gasteiger partial charge in [-0.05, 0) is 62.3 Å². The van der Waals surface area contributed by atoms with Crippen molar-refractivity contribution in [3.63, 3.8) is 0 Å². The predicted molar refractivity (Wildman–Crippen MR) is 83.2 cm³/mol. The molecule has 1 aliphatic carbocycles. The minimum atomic E-state index is -0.0217. The van der Waals surface area contributed by atoms with Crippen molar-refractivity contribution in [1.82, 2.24) is 5.32 Å². The normalized spacial score (nSPS) is 23.1. The molecule has 0 unspecified atom stereocenters. The minimum absolute atomic E-state index is 0.0217. The Bertz CT molecular complexity index is 435. The van der Waals surface area contributed by atoms with Gasteiger partial charge in [0.1, 0.15) is 0 Å². The van der Waals surface area contributed by atoms with Gasteiger partial charge in [0.05, 0.1) is 0 Å². The topological polar surface area (TPSA) is 29.1 Å². The van der Waals surface area contributed by atoms with Crippen molar-refractivity contribution in [3.05, 3.63) is 34.3 Å². The van der Waals surface area contributed by atoms with Gasteiger partial charge in [0.25, 0.3) is 5.91 Å². The Morgan fingerprint density at radius 2 is 2.00 bits per heavy atom. The number of hydrogen-bond acceptors (Lipinski definition) is 1. The third-order valence-electron chi connectivity index (χ3n) is 3.63. The fourth-order valence-electron chi connectivity index (χ4n) is 2.53. The third-order valence-corrected chi connectivity index (χ3v) is 4.77. The molecule has 1 aromatic rings. The Morgan fingerprint density at radius 3 is 2.63 bits per heavy atom. The van der Waals surface area contributed by atoms with Gasteiger partial charge in [-0.2, -0.15) is 0 Å². The summed E-state index contributed by atoms with van der Waals surface area (Å²) in [5.74, 6) is 0.588. The van der Waals surface area contributed by atoms with Gasteiger partial charge in [0.2, 0.25) is 0 Å². The summed E-state index contributed by atoms with van der Waals surface area (Å²) < 4.78 is 0. The Kier molecular flexibility index (Phi) is 5.28. The van der Waals surface area contributed by atoms with Crippen LogP contribution in [-0.2, 0) is 0 Å². The molecule has 1 aromatic carbocycles. The van der Waals surface area contributed by atoms with E-state index in [-0.39, 0.29) is 5.91 Å². The molecule has 0 saturated heterocycles. The Hall–Kier alpha value is -0.540. The Balaban J connectivity index is 1.87. The SMILES string of the molecule is Cc1cc(Cl)cc(C(=O)NCC2CCC(Br)CC2)c1. The third kappa shape index (κ3) is 4.50.